The minimum Gasteiger partial charge on any atom is -0.393 e. The maximum absolute atomic E-state index is 9.03. The molecule has 72 valence electrons. The molecule has 1 rings (SSSR count). The molecule has 0 atom stereocenters. The van der Waals surface area contributed by atoms with E-state index in [4.69, 9.17) is 5.11 Å². The summed E-state index contributed by atoms with van der Waals surface area (Å²) in [5, 5.41) is 12.4. The number of hydrogen-bond acceptors (Lipinski definition) is 3. The smallest absolute Gasteiger partial charge is 0.0546 e. The number of aliphatic hydroxyl groups is 1. The van der Waals surface area contributed by atoms with Gasteiger partial charge in [0.2, 0.25) is 0 Å². The van der Waals surface area contributed by atoms with Crippen LogP contribution in [0.2, 0.25) is 0 Å². The number of rotatable bonds is 6. The monoisotopic (exact) mass is 189 g/mol. The molecular formula is C9H19NOS. The van der Waals surface area contributed by atoms with Gasteiger partial charge in [-0.3, -0.25) is 0 Å². The summed E-state index contributed by atoms with van der Waals surface area (Å²) in [5.41, 5.74) is 0. The summed E-state index contributed by atoms with van der Waals surface area (Å²) in [6, 6.07) is 0. The normalized spacial score (nSPS) is 28.5. The van der Waals surface area contributed by atoms with E-state index in [1.807, 2.05) is 11.8 Å². The van der Waals surface area contributed by atoms with E-state index in [2.05, 4.69) is 12.2 Å². The van der Waals surface area contributed by atoms with E-state index in [1.165, 1.54) is 11.5 Å². The van der Waals surface area contributed by atoms with Gasteiger partial charge in [0.15, 0.2) is 0 Å². The molecule has 0 aromatic heterocycles. The van der Waals surface area contributed by atoms with Gasteiger partial charge < -0.3 is 10.4 Å². The lowest BCUT2D eigenvalue weighted by molar-refractivity contribution is 0.0434. The van der Waals surface area contributed by atoms with Crippen LogP contribution in [0, 0.1) is 5.92 Å². The van der Waals surface area contributed by atoms with Crippen LogP contribution in [0.25, 0.3) is 0 Å². The van der Waals surface area contributed by atoms with E-state index in [9.17, 15) is 0 Å². The summed E-state index contributed by atoms with van der Waals surface area (Å²) < 4.78 is 0. The molecule has 0 saturated heterocycles. The second-order valence-electron chi connectivity index (χ2n) is 3.39. The molecule has 0 radical (unpaired) electrons. The third-order valence-electron chi connectivity index (χ3n) is 2.27. The third-order valence-corrected chi connectivity index (χ3v) is 3.17. The van der Waals surface area contributed by atoms with Crippen molar-refractivity contribution in [3.05, 3.63) is 0 Å². The largest absolute Gasteiger partial charge is 0.393 e. The minimum atomic E-state index is 0.00168. The first-order valence-corrected chi connectivity index (χ1v) is 5.95. The Balaban J connectivity index is 1.77. The highest BCUT2D eigenvalue weighted by Gasteiger charge is 2.26. The van der Waals surface area contributed by atoms with Crippen LogP contribution in [0.3, 0.4) is 0 Å². The molecule has 1 aliphatic carbocycles. The second kappa shape index (κ2) is 5.84. The van der Waals surface area contributed by atoms with Crippen molar-refractivity contribution in [1.29, 1.82) is 0 Å². The van der Waals surface area contributed by atoms with Gasteiger partial charge in [0.1, 0.15) is 0 Å². The first-order chi connectivity index (χ1) is 5.83. The van der Waals surface area contributed by atoms with E-state index < -0.39 is 0 Å². The van der Waals surface area contributed by atoms with Crippen LogP contribution in [-0.4, -0.2) is 35.8 Å². The van der Waals surface area contributed by atoms with Crippen molar-refractivity contribution in [1.82, 2.24) is 5.32 Å². The van der Waals surface area contributed by atoms with Crippen molar-refractivity contribution in [3.8, 4) is 0 Å². The van der Waals surface area contributed by atoms with Crippen LogP contribution < -0.4 is 5.32 Å². The molecule has 0 spiro atoms. The molecular weight excluding hydrogens is 170 g/mol. The Kier molecular flexibility index (Phi) is 5.04. The van der Waals surface area contributed by atoms with Crippen molar-refractivity contribution >= 4 is 11.8 Å². The minimum absolute atomic E-state index is 0.00168. The van der Waals surface area contributed by atoms with Gasteiger partial charge >= 0.3 is 0 Å². The molecule has 0 amide bonds. The zero-order valence-corrected chi connectivity index (χ0v) is 8.57. The summed E-state index contributed by atoms with van der Waals surface area (Å²) in [6.45, 7) is 4.40. The molecule has 1 fully saturated rings. The van der Waals surface area contributed by atoms with Gasteiger partial charge in [0.05, 0.1) is 6.10 Å². The van der Waals surface area contributed by atoms with E-state index in [-0.39, 0.29) is 6.10 Å². The molecule has 0 heterocycles. The van der Waals surface area contributed by atoms with Crippen LogP contribution in [-0.2, 0) is 0 Å². The number of nitrogens with one attached hydrogen (secondary N) is 1. The molecule has 12 heavy (non-hydrogen) atoms. The van der Waals surface area contributed by atoms with Gasteiger partial charge in [-0.05, 0) is 31.1 Å². The van der Waals surface area contributed by atoms with Crippen molar-refractivity contribution in [2.24, 2.45) is 5.92 Å². The standard InChI is InChI=1S/C9H19NOS/c1-2-12-4-3-10-7-8-5-9(11)6-8/h8-11H,2-7H2,1H3. The fourth-order valence-electron chi connectivity index (χ4n) is 1.46. The fourth-order valence-corrected chi connectivity index (χ4v) is 2.04. The topological polar surface area (TPSA) is 32.3 Å². The Morgan fingerprint density at radius 1 is 1.50 bits per heavy atom. The Labute approximate surface area is 79.1 Å². The van der Waals surface area contributed by atoms with Crippen LogP contribution in [0.15, 0.2) is 0 Å². The zero-order chi connectivity index (χ0) is 8.81. The predicted octanol–water partition coefficient (Wildman–Crippen LogP) is 1.10. The lowest BCUT2D eigenvalue weighted by Crippen LogP contribution is -2.36. The average Bonchev–Trinajstić information content (AvgIpc) is 2.00. The highest BCUT2D eigenvalue weighted by Crippen LogP contribution is 2.25. The number of thioether (sulfide) groups is 1. The summed E-state index contributed by atoms with van der Waals surface area (Å²) in [6.07, 6.45) is 2.02. The Hall–Kier alpha value is 0.270. The molecule has 1 saturated carbocycles. The molecule has 0 bridgehead atoms. The highest BCUT2D eigenvalue weighted by molar-refractivity contribution is 7.99. The van der Waals surface area contributed by atoms with Crippen LogP contribution in [0.1, 0.15) is 19.8 Å². The third kappa shape index (κ3) is 3.78. The second-order valence-corrected chi connectivity index (χ2v) is 4.79. The van der Waals surface area contributed by atoms with Crippen molar-refractivity contribution in [2.45, 2.75) is 25.9 Å². The summed E-state index contributed by atoms with van der Waals surface area (Å²) in [7, 11) is 0. The van der Waals surface area contributed by atoms with Gasteiger partial charge in [-0.1, -0.05) is 6.92 Å². The first kappa shape index (κ1) is 10.4. The summed E-state index contributed by atoms with van der Waals surface area (Å²) in [5.74, 6) is 3.17. The van der Waals surface area contributed by atoms with Gasteiger partial charge in [-0.2, -0.15) is 11.8 Å². The van der Waals surface area contributed by atoms with Crippen LogP contribution in [0.5, 0.6) is 0 Å². The van der Waals surface area contributed by atoms with Gasteiger partial charge in [-0.15, -0.1) is 0 Å². The molecule has 1 aliphatic rings. The lowest BCUT2D eigenvalue weighted by Gasteiger charge is -2.31. The number of aliphatic hydroxyl groups excluding tert-OH is 1. The average molecular weight is 189 g/mol. The van der Waals surface area contributed by atoms with Crippen molar-refractivity contribution < 1.29 is 5.11 Å². The van der Waals surface area contributed by atoms with E-state index >= 15 is 0 Å². The van der Waals surface area contributed by atoms with Gasteiger partial charge in [0.25, 0.3) is 0 Å². The van der Waals surface area contributed by atoms with E-state index in [1.54, 1.807) is 0 Å². The van der Waals surface area contributed by atoms with Crippen molar-refractivity contribution in [2.75, 3.05) is 24.6 Å². The maximum atomic E-state index is 9.03. The van der Waals surface area contributed by atoms with Gasteiger partial charge in [0, 0.05) is 12.3 Å². The summed E-state index contributed by atoms with van der Waals surface area (Å²) >= 11 is 1.97. The molecule has 3 heteroatoms. The van der Waals surface area contributed by atoms with Crippen LogP contribution >= 0.6 is 11.8 Å². The Morgan fingerprint density at radius 2 is 2.25 bits per heavy atom. The van der Waals surface area contributed by atoms with E-state index in [0.717, 1.165) is 31.8 Å². The van der Waals surface area contributed by atoms with Crippen molar-refractivity contribution in [3.63, 3.8) is 0 Å². The molecule has 0 unspecified atom stereocenters. The molecule has 0 aliphatic heterocycles. The highest BCUT2D eigenvalue weighted by atomic mass is 32.2. The number of hydrogen-bond donors (Lipinski definition) is 2. The predicted molar refractivity (Wildman–Crippen MR) is 54.6 cm³/mol. The molecule has 2 N–H and O–H groups in total. The fraction of sp³-hybridized carbons (Fsp3) is 1.00. The maximum Gasteiger partial charge on any atom is 0.0546 e. The molecule has 0 aromatic rings. The zero-order valence-electron chi connectivity index (χ0n) is 7.75. The Morgan fingerprint density at radius 3 is 2.83 bits per heavy atom. The van der Waals surface area contributed by atoms with Gasteiger partial charge in [-0.25, -0.2) is 0 Å². The summed E-state index contributed by atoms with van der Waals surface area (Å²) in [4.78, 5) is 0. The van der Waals surface area contributed by atoms with E-state index in [0.29, 0.717) is 0 Å². The lowest BCUT2D eigenvalue weighted by atomic mass is 9.82. The van der Waals surface area contributed by atoms with Crippen LogP contribution in [0.4, 0.5) is 0 Å². The Bertz CT molecular complexity index is 115. The molecule has 0 aromatic carbocycles. The quantitative estimate of drug-likeness (QED) is 0.614. The SMILES string of the molecule is CCSCCNCC1CC(O)C1. The molecule has 2 nitrogen and oxygen atoms in total. The first-order valence-electron chi connectivity index (χ1n) is 4.79.